The molecule has 2 N–H and O–H groups in total. The van der Waals surface area contributed by atoms with Crippen LogP contribution in [-0.4, -0.2) is 30.2 Å². The summed E-state index contributed by atoms with van der Waals surface area (Å²) in [6.45, 7) is 4.89. The van der Waals surface area contributed by atoms with Gasteiger partial charge in [0.05, 0.1) is 5.56 Å². The number of para-hydroxylation sites is 1. The third-order valence-electron chi connectivity index (χ3n) is 3.16. The summed E-state index contributed by atoms with van der Waals surface area (Å²) in [5.41, 5.74) is 0.754. The fourth-order valence-electron chi connectivity index (χ4n) is 2.04. The van der Waals surface area contributed by atoms with Crippen LogP contribution in [0.4, 0.5) is 16.2 Å². The molecular weight excluding hydrogens is 348 g/mol. The highest BCUT2D eigenvalue weighted by molar-refractivity contribution is 5.95. The van der Waals surface area contributed by atoms with Crippen LogP contribution in [0.15, 0.2) is 54.6 Å². The molecule has 7 nitrogen and oxygen atoms in total. The maximum atomic E-state index is 12.0. The molecule has 0 aliphatic heterocycles. The molecule has 2 aromatic carbocycles. The number of anilines is 2. The van der Waals surface area contributed by atoms with Gasteiger partial charge in [0.2, 0.25) is 0 Å². The molecule has 0 radical (unpaired) electrons. The van der Waals surface area contributed by atoms with Gasteiger partial charge in [-0.3, -0.25) is 10.1 Å². The van der Waals surface area contributed by atoms with E-state index < -0.39 is 30.2 Å². The summed E-state index contributed by atoms with van der Waals surface area (Å²) in [6.07, 6.45) is -0.588. The number of nitrogens with one attached hydrogen (secondary N) is 2. The van der Waals surface area contributed by atoms with Crippen molar-refractivity contribution >= 4 is 29.3 Å². The van der Waals surface area contributed by atoms with Crippen molar-refractivity contribution in [3.63, 3.8) is 0 Å². The van der Waals surface area contributed by atoms with E-state index in [1.807, 2.05) is 6.07 Å². The number of hydrogen-bond acceptors (Lipinski definition) is 5. The zero-order valence-electron chi connectivity index (χ0n) is 15.4. The van der Waals surface area contributed by atoms with Gasteiger partial charge in [0.1, 0.15) is 5.60 Å². The Kier molecular flexibility index (Phi) is 6.54. The molecule has 142 valence electrons. The average molecular weight is 370 g/mol. The van der Waals surface area contributed by atoms with E-state index in [1.165, 1.54) is 12.1 Å². The van der Waals surface area contributed by atoms with Gasteiger partial charge in [0.15, 0.2) is 6.61 Å². The Morgan fingerprint density at radius 3 is 2.04 bits per heavy atom. The summed E-state index contributed by atoms with van der Waals surface area (Å²) in [5, 5.41) is 5.19. The molecule has 0 saturated carbocycles. The van der Waals surface area contributed by atoms with Crippen LogP contribution in [0.25, 0.3) is 0 Å². The molecule has 2 amide bonds. The van der Waals surface area contributed by atoms with Gasteiger partial charge < -0.3 is 14.8 Å². The molecule has 0 unspecified atom stereocenters. The van der Waals surface area contributed by atoms with Crippen molar-refractivity contribution in [3.8, 4) is 0 Å². The van der Waals surface area contributed by atoms with Crippen molar-refractivity contribution in [2.45, 2.75) is 26.4 Å². The van der Waals surface area contributed by atoms with Gasteiger partial charge in [-0.1, -0.05) is 18.2 Å². The average Bonchev–Trinajstić information content (AvgIpc) is 2.59. The van der Waals surface area contributed by atoms with Gasteiger partial charge in [-0.25, -0.2) is 9.59 Å². The van der Waals surface area contributed by atoms with Gasteiger partial charge in [-0.15, -0.1) is 0 Å². The first-order valence-electron chi connectivity index (χ1n) is 8.35. The molecule has 0 aliphatic carbocycles. The minimum absolute atomic E-state index is 0.261. The highest BCUT2D eigenvalue weighted by Gasteiger charge is 2.16. The van der Waals surface area contributed by atoms with Crippen molar-refractivity contribution in [1.82, 2.24) is 0 Å². The lowest BCUT2D eigenvalue weighted by Crippen LogP contribution is -2.27. The normalized spacial score (nSPS) is 10.6. The summed E-state index contributed by atoms with van der Waals surface area (Å²) in [7, 11) is 0. The van der Waals surface area contributed by atoms with Gasteiger partial charge in [0, 0.05) is 11.4 Å². The zero-order valence-corrected chi connectivity index (χ0v) is 15.4. The largest absolute Gasteiger partial charge is 0.452 e. The molecule has 0 fully saturated rings. The number of hydrogen-bond donors (Lipinski definition) is 2. The Labute approximate surface area is 157 Å². The van der Waals surface area contributed by atoms with Crippen molar-refractivity contribution in [3.05, 3.63) is 60.2 Å². The summed E-state index contributed by atoms with van der Waals surface area (Å²) in [4.78, 5) is 35.5. The van der Waals surface area contributed by atoms with E-state index >= 15 is 0 Å². The Morgan fingerprint density at radius 1 is 0.852 bits per heavy atom. The predicted octanol–water partition coefficient (Wildman–Crippen LogP) is 3.83. The summed E-state index contributed by atoms with van der Waals surface area (Å²) in [6, 6.07) is 14.9. The number of esters is 1. The van der Waals surface area contributed by atoms with Crippen LogP contribution in [0, 0.1) is 0 Å². The Bertz CT molecular complexity index is 795. The third-order valence-corrected chi connectivity index (χ3v) is 3.16. The second-order valence-corrected chi connectivity index (χ2v) is 6.69. The molecule has 0 aliphatic rings. The first-order chi connectivity index (χ1) is 12.7. The van der Waals surface area contributed by atoms with Crippen LogP contribution in [0.2, 0.25) is 0 Å². The molecule has 27 heavy (non-hydrogen) atoms. The fourth-order valence-corrected chi connectivity index (χ4v) is 2.04. The van der Waals surface area contributed by atoms with E-state index in [2.05, 4.69) is 10.6 Å². The Hall–Kier alpha value is -3.35. The number of carbonyl (C=O) groups is 3. The summed E-state index contributed by atoms with van der Waals surface area (Å²) >= 11 is 0. The van der Waals surface area contributed by atoms with E-state index in [1.54, 1.807) is 57.2 Å². The first kappa shape index (κ1) is 20.0. The van der Waals surface area contributed by atoms with Gasteiger partial charge in [-0.2, -0.15) is 0 Å². The minimum atomic E-state index is -0.637. The molecule has 2 aromatic rings. The van der Waals surface area contributed by atoms with Crippen LogP contribution in [-0.2, 0) is 14.3 Å². The second kappa shape index (κ2) is 8.84. The third kappa shape index (κ3) is 7.19. The number of ether oxygens (including phenoxy) is 2. The summed E-state index contributed by atoms with van der Waals surface area (Å²) in [5.74, 6) is -1.07. The van der Waals surface area contributed by atoms with Crippen molar-refractivity contribution in [1.29, 1.82) is 0 Å². The number of carbonyl (C=O) groups excluding carboxylic acids is 3. The highest BCUT2D eigenvalue weighted by atomic mass is 16.6. The van der Waals surface area contributed by atoms with Crippen molar-refractivity contribution in [2.24, 2.45) is 0 Å². The van der Waals surface area contributed by atoms with E-state index in [9.17, 15) is 14.4 Å². The topological polar surface area (TPSA) is 93.7 Å². The Balaban J connectivity index is 1.83. The molecule has 0 aromatic heterocycles. The first-order valence-corrected chi connectivity index (χ1v) is 8.35. The van der Waals surface area contributed by atoms with Crippen LogP contribution in [0.1, 0.15) is 31.1 Å². The van der Waals surface area contributed by atoms with E-state index in [-0.39, 0.29) is 5.56 Å². The molecule has 0 heterocycles. The molecule has 0 atom stereocenters. The van der Waals surface area contributed by atoms with Crippen LogP contribution in [0.3, 0.4) is 0 Å². The smallest absolute Gasteiger partial charge is 0.412 e. The lowest BCUT2D eigenvalue weighted by Gasteiger charge is -2.19. The van der Waals surface area contributed by atoms with Gasteiger partial charge in [0.25, 0.3) is 5.91 Å². The van der Waals surface area contributed by atoms with Crippen LogP contribution in [0.5, 0.6) is 0 Å². The van der Waals surface area contributed by atoms with Crippen molar-refractivity contribution in [2.75, 3.05) is 17.2 Å². The van der Waals surface area contributed by atoms with E-state index in [0.717, 1.165) is 0 Å². The quantitative estimate of drug-likeness (QED) is 0.780. The second-order valence-electron chi connectivity index (χ2n) is 6.69. The zero-order chi connectivity index (χ0) is 19.9. The molecular formula is C20H22N2O5. The highest BCUT2D eigenvalue weighted by Crippen LogP contribution is 2.13. The number of rotatable bonds is 5. The van der Waals surface area contributed by atoms with Crippen molar-refractivity contribution < 1.29 is 23.9 Å². The lowest BCUT2D eigenvalue weighted by atomic mass is 10.2. The van der Waals surface area contributed by atoms with E-state index in [4.69, 9.17) is 9.47 Å². The maximum Gasteiger partial charge on any atom is 0.412 e. The van der Waals surface area contributed by atoms with Crippen LogP contribution < -0.4 is 10.6 Å². The standard InChI is InChI=1S/C20H22N2O5/c1-20(2,3)27-19(25)22-16-11-9-14(10-12-16)18(24)26-13-17(23)21-15-7-5-4-6-8-15/h4-12H,13H2,1-3H3,(H,21,23)(H,22,25). The molecule has 0 spiro atoms. The molecule has 0 saturated heterocycles. The molecule has 2 rings (SSSR count). The minimum Gasteiger partial charge on any atom is -0.452 e. The Morgan fingerprint density at radius 2 is 1.44 bits per heavy atom. The van der Waals surface area contributed by atoms with Gasteiger partial charge >= 0.3 is 12.1 Å². The summed E-state index contributed by atoms with van der Waals surface area (Å²) < 4.78 is 10.1. The number of benzene rings is 2. The predicted molar refractivity (Wildman–Crippen MR) is 102 cm³/mol. The maximum absolute atomic E-state index is 12.0. The fraction of sp³-hybridized carbons (Fsp3) is 0.250. The number of amides is 2. The monoisotopic (exact) mass is 370 g/mol. The molecule has 0 bridgehead atoms. The lowest BCUT2D eigenvalue weighted by molar-refractivity contribution is -0.119. The van der Waals surface area contributed by atoms with Crippen LogP contribution >= 0.6 is 0 Å². The molecule has 7 heteroatoms. The van der Waals surface area contributed by atoms with Gasteiger partial charge in [-0.05, 0) is 57.2 Å². The van der Waals surface area contributed by atoms with E-state index in [0.29, 0.717) is 11.4 Å². The SMILES string of the molecule is CC(C)(C)OC(=O)Nc1ccc(C(=O)OCC(=O)Nc2ccccc2)cc1.